The number of halogens is 1. The molecule has 0 amide bonds. The standard InChI is InChI=1S/C17H19ClN2O5S/c1-10-9-13(18)6-7-15(10)24-17(21)14-5-4-8-20(14)26(22,23)16-11(2)19-25-12(16)3/h6-7,9,14H,4-5,8H2,1-3H3/t14-/m0/s1. The molecule has 1 aromatic heterocycles. The first-order valence-electron chi connectivity index (χ1n) is 8.14. The highest BCUT2D eigenvalue weighted by Crippen LogP contribution is 2.31. The smallest absolute Gasteiger partial charge is 0.329 e. The van der Waals surface area contributed by atoms with Gasteiger partial charge < -0.3 is 9.26 Å². The zero-order valence-electron chi connectivity index (χ0n) is 14.7. The lowest BCUT2D eigenvalue weighted by Crippen LogP contribution is -2.42. The molecule has 1 saturated heterocycles. The largest absolute Gasteiger partial charge is 0.425 e. The zero-order chi connectivity index (χ0) is 19.1. The maximum atomic E-state index is 13.0. The van der Waals surface area contributed by atoms with Gasteiger partial charge in [-0.1, -0.05) is 16.8 Å². The van der Waals surface area contributed by atoms with Gasteiger partial charge in [0.1, 0.15) is 22.4 Å². The average molecular weight is 399 g/mol. The predicted molar refractivity (Wildman–Crippen MR) is 94.7 cm³/mol. The van der Waals surface area contributed by atoms with Crippen LogP contribution in [0, 0.1) is 20.8 Å². The molecule has 0 saturated carbocycles. The minimum atomic E-state index is -3.90. The van der Waals surface area contributed by atoms with E-state index >= 15 is 0 Å². The van der Waals surface area contributed by atoms with Crippen LogP contribution in [-0.2, 0) is 14.8 Å². The molecule has 0 radical (unpaired) electrons. The Morgan fingerprint density at radius 2 is 2.08 bits per heavy atom. The molecule has 1 aromatic carbocycles. The van der Waals surface area contributed by atoms with Crippen molar-refractivity contribution >= 4 is 27.6 Å². The summed E-state index contributed by atoms with van der Waals surface area (Å²) in [6.07, 6.45) is 0.968. The van der Waals surface area contributed by atoms with Gasteiger partial charge in [0.25, 0.3) is 0 Å². The molecule has 3 rings (SSSR count). The first kappa shape index (κ1) is 18.9. The van der Waals surface area contributed by atoms with Crippen LogP contribution in [-0.4, -0.2) is 36.4 Å². The van der Waals surface area contributed by atoms with Gasteiger partial charge in [-0.15, -0.1) is 0 Å². The third-order valence-electron chi connectivity index (χ3n) is 4.36. The van der Waals surface area contributed by atoms with Gasteiger partial charge in [0.05, 0.1) is 0 Å². The summed E-state index contributed by atoms with van der Waals surface area (Å²) in [5.74, 6) is -0.0423. The molecule has 2 heterocycles. The number of aryl methyl sites for hydroxylation is 3. The second kappa shape index (κ2) is 7.02. The number of hydrogen-bond acceptors (Lipinski definition) is 6. The molecule has 0 unspecified atom stereocenters. The first-order valence-corrected chi connectivity index (χ1v) is 9.96. The van der Waals surface area contributed by atoms with Crippen molar-refractivity contribution in [1.82, 2.24) is 9.46 Å². The Hall–Kier alpha value is -1.90. The maximum absolute atomic E-state index is 13.0. The molecule has 0 bridgehead atoms. The van der Waals surface area contributed by atoms with Gasteiger partial charge in [-0.05, 0) is 57.4 Å². The van der Waals surface area contributed by atoms with Crippen molar-refractivity contribution in [3.8, 4) is 5.75 Å². The molecule has 140 valence electrons. The van der Waals surface area contributed by atoms with E-state index < -0.39 is 22.0 Å². The van der Waals surface area contributed by atoms with Crippen molar-refractivity contribution in [3.05, 3.63) is 40.2 Å². The number of ether oxygens (including phenoxy) is 1. The summed E-state index contributed by atoms with van der Waals surface area (Å²) in [5, 5.41) is 4.23. The van der Waals surface area contributed by atoms with Gasteiger partial charge in [0, 0.05) is 11.6 Å². The monoisotopic (exact) mass is 398 g/mol. The van der Waals surface area contributed by atoms with Crippen LogP contribution in [0.15, 0.2) is 27.6 Å². The van der Waals surface area contributed by atoms with Crippen molar-refractivity contribution in [2.24, 2.45) is 0 Å². The van der Waals surface area contributed by atoms with Gasteiger partial charge in [-0.3, -0.25) is 0 Å². The number of benzene rings is 1. The second-order valence-electron chi connectivity index (χ2n) is 6.26. The fourth-order valence-corrected chi connectivity index (χ4v) is 5.30. The van der Waals surface area contributed by atoms with Gasteiger partial charge in [-0.25, -0.2) is 13.2 Å². The molecule has 1 atom stereocenters. The van der Waals surface area contributed by atoms with Crippen molar-refractivity contribution in [1.29, 1.82) is 0 Å². The molecule has 1 aliphatic rings. The number of carbonyl (C=O) groups is 1. The van der Waals surface area contributed by atoms with E-state index in [-0.39, 0.29) is 22.9 Å². The van der Waals surface area contributed by atoms with Gasteiger partial charge in [-0.2, -0.15) is 4.31 Å². The van der Waals surface area contributed by atoms with Gasteiger partial charge in [0.2, 0.25) is 10.0 Å². The number of esters is 1. The molecule has 2 aromatic rings. The van der Waals surface area contributed by atoms with Crippen LogP contribution in [0.3, 0.4) is 0 Å². The van der Waals surface area contributed by atoms with Crippen LogP contribution in [0.1, 0.15) is 29.9 Å². The van der Waals surface area contributed by atoms with E-state index in [0.29, 0.717) is 29.2 Å². The van der Waals surface area contributed by atoms with Crippen LogP contribution < -0.4 is 4.74 Å². The summed E-state index contributed by atoms with van der Waals surface area (Å²) >= 11 is 5.91. The highest BCUT2D eigenvalue weighted by Gasteiger charge is 2.42. The molecular formula is C17H19ClN2O5S. The fourth-order valence-electron chi connectivity index (χ4n) is 3.13. The molecule has 26 heavy (non-hydrogen) atoms. The molecule has 0 aliphatic carbocycles. The summed E-state index contributed by atoms with van der Waals surface area (Å²) in [5.41, 5.74) is 0.971. The number of nitrogens with zero attached hydrogens (tertiary/aromatic N) is 2. The second-order valence-corrected chi connectivity index (χ2v) is 8.52. The normalized spacial score (nSPS) is 18.2. The third-order valence-corrected chi connectivity index (χ3v) is 6.75. The van der Waals surface area contributed by atoms with Crippen LogP contribution in [0.2, 0.25) is 5.02 Å². The van der Waals surface area contributed by atoms with Crippen LogP contribution in [0.5, 0.6) is 5.75 Å². The van der Waals surface area contributed by atoms with Gasteiger partial charge >= 0.3 is 5.97 Å². The fraction of sp³-hybridized carbons (Fsp3) is 0.412. The molecule has 0 spiro atoms. The Labute approximate surface area is 156 Å². The Bertz CT molecular complexity index is 935. The Balaban J connectivity index is 1.87. The van der Waals surface area contributed by atoms with Gasteiger partial charge in [0.15, 0.2) is 5.76 Å². The zero-order valence-corrected chi connectivity index (χ0v) is 16.2. The summed E-state index contributed by atoms with van der Waals surface area (Å²) in [7, 11) is -3.90. The quantitative estimate of drug-likeness (QED) is 0.581. The summed E-state index contributed by atoms with van der Waals surface area (Å²) in [4.78, 5) is 12.7. The number of carbonyl (C=O) groups excluding carboxylic acids is 1. The first-order chi connectivity index (χ1) is 12.2. The number of aromatic nitrogens is 1. The minimum Gasteiger partial charge on any atom is -0.425 e. The lowest BCUT2D eigenvalue weighted by Gasteiger charge is -2.22. The summed E-state index contributed by atoms with van der Waals surface area (Å²) in [6, 6.07) is 4.00. The lowest BCUT2D eigenvalue weighted by atomic mass is 10.2. The van der Waals surface area contributed by atoms with Crippen LogP contribution in [0.4, 0.5) is 0 Å². The SMILES string of the molecule is Cc1cc(Cl)ccc1OC(=O)[C@@H]1CCCN1S(=O)(=O)c1c(C)noc1C. The van der Waals surface area contributed by atoms with Crippen LogP contribution >= 0.6 is 11.6 Å². The molecule has 1 fully saturated rings. The minimum absolute atomic E-state index is 0.0138. The average Bonchev–Trinajstić information content (AvgIpc) is 3.17. The summed E-state index contributed by atoms with van der Waals surface area (Å²) in [6.45, 7) is 5.10. The maximum Gasteiger partial charge on any atom is 0.329 e. The van der Waals surface area contributed by atoms with Crippen molar-refractivity contribution in [2.45, 2.75) is 44.6 Å². The molecule has 1 aliphatic heterocycles. The molecule has 7 nitrogen and oxygen atoms in total. The Morgan fingerprint density at radius 1 is 1.35 bits per heavy atom. The Morgan fingerprint density at radius 3 is 2.69 bits per heavy atom. The highest BCUT2D eigenvalue weighted by atomic mass is 35.5. The number of sulfonamides is 1. The molecular weight excluding hydrogens is 380 g/mol. The van der Waals surface area contributed by atoms with Crippen molar-refractivity contribution in [2.75, 3.05) is 6.54 Å². The van der Waals surface area contributed by atoms with E-state index in [2.05, 4.69) is 5.16 Å². The molecule has 9 heteroatoms. The van der Waals surface area contributed by atoms with E-state index in [9.17, 15) is 13.2 Å². The third kappa shape index (κ3) is 3.36. The Kier molecular flexibility index (Phi) is 5.09. The van der Waals surface area contributed by atoms with Crippen molar-refractivity contribution in [3.63, 3.8) is 0 Å². The van der Waals surface area contributed by atoms with E-state index in [0.717, 1.165) is 0 Å². The number of rotatable bonds is 4. The van der Waals surface area contributed by atoms with E-state index in [1.165, 1.54) is 11.2 Å². The summed E-state index contributed by atoms with van der Waals surface area (Å²) < 4.78 is 37.6. The lowest BCUT2D eigenvalue weighted by molar-refractivity contribution is -0.138. The van der Waals surface area contributed by atoms with E-state index in [1.54, 1.807) is 32.0 Å². The van der Waals surface area contributed by atoms with Crippen molar-refractivity contribution < 1.29 is 22.5 Å². The van der Waals surface area contributed by atoms with E-state index in [1.807, 2.05) is 0 Å². The predicted octanol–water partition coefficient (Wildman–Crippen LogP) is 3.01. The van der Waals surface area contributed by atoms with E-state index in [4.69, 9.17) is 20.9 Å². The highest BCUT2D eigenvalue weighted by molar-refractivity contribution is 7.89. The van der Waals surface area contributed by atoms with Crippen LogP contribution in [0.25, 0.3) is 0 Å². The topological polar surface area (TPSA) is 89.7 Å². The number of hydrogen-bond donors (Lipinski definition) is 0. The molecule has 0 N–H and O–H groups in total.